The molecular weight excluding hydrogens is 326 g/mol. The average molecular weight is 357 g/mol. The fourth-order valence-electron chi connectivity index (χ4n) is 4.41. The molecule has 0 bridgehead atoms. The molecule has 0 saturated carbocycles. The summed E-state index contributed by atoms with van der Waals surface area (Å²) in [5.41, 5.74) is 2.73. The molecule has 0 N–H and O–H groups in total. The molecule has 3 aliphatic heterocycles. The Kier molecular flexibility index (Phi) is 5.46. The van der Waals surface area contributed by atoms with Crippen LogP contribution in [0.5, 0.6) is 5.75 Å². The van der Waals surface area contributed by atoms with Crippen LogP contribution in [0.1, 0.15) is 30.9 Å². The number of fused-ring (bicyclic) bond motifs is 1. The summed E-state index contributed by atoms with van der Waals surface area (Å²) in [6, 6.07) is 6.61. The highest BCUT2D eigenvalue weighted by molar-refractivity contribution is 5.78. The van der Waals surface area contributed by atoms with Gasteiger partial charge >= 0.3 is 0 Å². The van der Waals surface area contributed by atoms with Crippen LogP contribution in [0.3, 0.4) is 0 Å². The van der Waals surface area contributed by atoms with E-state index in [2.05, 4.69) is 39.8 Å². The minimum Gasteiger partial charge on any atom is -0.493 e. The van der Waals surface area contributed by atoms with Gasteiger partial charge in [0.05, 0.1) is 13.2 Å². The van der Waals surface area contributed by atoms with Crippen LogP contribution in [0.15, 0.2) is 18.2 Å². The minimum absolute atomic E-state index is 0.323. The van der Waals surface area contributed by atoms with Crippen molar-refractivity contribution in [2.24, 2.45) is 5.92 Å². The van der Waals surface area contributed by atoms with E-state index in [-0.39, 0.29) is 0 Å². The zero-order valence-corrected chi connectivity index (χ0v) is 16.0. The molecule has 3 aliphatic rings. The maximum Gasteiger partial charge on any atom is 0.236 e. The summed E-state index contributed by atoms with van der Waals surface area (Å²) >= 11 is 0. The molecule has 1 aromatic carbocycles. The first-order valence-electron chi connectivity index (χ1n) is 10.1. The SMILES string of the molecule is CC1CCCN(C(=O)CN2CCN(Cc3ccc4c(c3)CCO4)CC2)C1. The summed E-state index contributed by atoms with van der Waals surface area (Å²) in [6.07, 6.45) is 3.46. The van der Waals surface area contributed by atoms with Crippen molar-refractivity contribution in [1.82, 2.24) is 14.7 Å². The Labute approximate surface area is 156 Å². The summed E-state index contributed by atoms with van der Waals surface area (Å²) in [7, 11) is 0. The van der Waals surface area contributed by atoms with E-state index in [1.54, 1.807) is 0 Å². The Morgan fingerprint density at radius 3 is 2.77 bits per heavy atom. The first-order chi connectivity index (χ1) is 12.7. The van der Waals surface area contributed by atoms with E-state index in [1.165, 1.54) is 17.5 Å². The van der Waals surface area contributed by atoms with Crippen molar-refractivity contribution in [2.45, 2.75) is 32.7 Å². The number of nitrogens with zero attached hydrogens (tertiary/aromatic N) is 3. The first kappa shape index (κ1) is 17.8. The van der Waals surface area contributed by atoms with Gasteiger partial charge in [-0.25, -0.2) is 0 Å². The number of hydrogen-bond acceptors (Lipinski definition) is 4. The first-order valence-corrected chi connectivity index (χ1v) is 10.1. The number of piperidine rings is 1. The van der Waals surface area contributed by atoms with E-state index < -0.39 is 0 Å². The second kappa shape index (κ2) is 7.97. The third-order valence-corrected chi connectivity index (χ3v) is 5.99. The van der Waals surface area contributed by atoms with Crippen molar-refractivity contribution in [2.75, 3.05) is 52.4 Å². The molecule has 0 aromatic heterocycles. The molecule has 1 unspecified atom stereocenters. The van der Waals surface area contributed by atoms with Crippen molar-refractivity contribution in [3.8, 4) is 5.75 Å². The van der Waals surface area contributed by atoms with Crippen LogP contribution in [-0.4, -0.2) is 73.0 Å². The molecule has 1 aromatic rings. The number of rotatable bonds is 4. The summed E-state index contributed by atoms with van der Waals surface area (Å²) in [6.45, 7) is 10.6. The standard InChI is InChI=1S/C21H31N3O2/c1-17-3-2-7-24(14-17)21(25)16-23-10-8-22(9-11-23)15-18-4-5-20-19(13-18)6-12-26-20/h4-5,13,17H,2-3,6-12,14-16H2,1H3. The van der Waals surface area contributed by atoms with Gasteiger partial charge in [0.25, 0.3) is 0 Å². The number of amides is 1. The van der Waals surface area contributed by atoms with Crippen LogP contribution >= 0.6 is 0 Å². The van der Waals surface area contributed by atoms with E-state index in [1.807, 2.05) is 0 Å². The Morgan fingerprint density at radius 2 is 1.96 bits per heavy atom. The van der Waals surface area contributed by atoms with E-state index in [0.717, 1.165) is 71.0 Å². The van der Waals surface area contributed by atoms with Gasteiger partial charge < -0.3 is 9.64 Å². The second-order valence-corrected chi connectivity index (χ2v) is 8.18. The number of piperazine rings is 1. The third kappa shape index (κ3) is 4.21. The van der Waals surface area contributed by atoms with Gasteiger partial charge in [0, 0.05) is 52.2 Å². The van der Waals surface area contributed by atoms with Crippen molar-refractivity contribution in [1.29, 1.82) is 0 Å². The lowest BCUT2D eigenvalue weighted by Gasteiger charge is -2.37. The predicted molar refractivity (Wildman–Crippen MR) is 102 cm³/mol. The zero-order chi connectivity index (χ0) is 17.9. The minimum atomic E-state index is 0.323. The number of benzene rings is 1. The second-order valence-electron chi connectivity index (χ2n) is 8.18. The summed E-state index contributed by atoms with van der Waals surface area (Å²) < 4.78 is 5.59. The van der Waals surface area contributed by atoms with Gasteiger partial charge in [-0.05, 0) is 36.0 Å². The molecule has 3 heterocycles. The van der Waals surface area contributed by atoms with Crippen molar-refractivity contribution in [3.63, 3.8) is 0 Å². The smallest absolute Gasteiger partial charge is 0.236 e. The maximum atomic E-state index is 12.6. The monoisotopic (exact) mass is 357 g/mol. The molecular formula is C21H31N3O2. The molecule has 5 heteroatoms. The Morgan fingerprint density at radius 1 is 1.15 bits per heavy atom. The quantitative estimate of drug-likeness (QED) is 0.826. The molecule has 0 aliphatic carbocycles. The van der Waals surface area contributed by atoms with Crippen LogP contribution in [0.25, 0.3) is 0 Å². The van der Waals surface area contributed by atoms with Gasteiger partial charge in [0.15, 0.2) is 0 Å². The lowest BCUT2D eigenvalue weighted by molar-refractivity contribution is -0.134. The third-order valence-electron chi connectivity index (χ3n) is 5.99. The highest BCUT2D eigenvalue weighted by Gasteiger charge is 2.25. The lowest BCUT2D eigenvalue weighted by Crippen LogP contribution is -2.50. The molecule has 0 spiro atoms. The maximum absolute atomic E-state index is 12.6. The fraction of sp³-hybridized carbons (Fsp3) is 0.667. The van der Waals surface area contributed by atoms with E-state index >= 15 is 0 Å². The van der Waals surface area contributed by atoms with Gasteiger partial charge in [-0.15, -0.1) is 0 Å². The van der Waals surface area contributed by atoms with Crippen LogP contribution in [0, 0.1) is 5.92 Å². The number of carbonyl (C=O) groups excluding carboxylic acids is 1. The Balaban J connectivity index is 1.23. The van der Waals surface area contributed by atoms with Gasteiger partial charge in [-0.1, -0.05) is 19.1 Å². The fourth-order valence-corrected chi connectivity index (χ4v) is 4.41. The van der Waals surface area contributed by atoms with Crippen LogP contribution in [0.2, 0.25) is 0 Å². The number of hydrogen-bond donors (Lipinski definition) is 0. The van der Waals surface area contributed by atoms with Crippen molar-refractivity contribution in [3.05, 3.63) is 29.3 Å². The number of likely N-dealkylation sites (tertiary alicyclic amines) is 1. The van der Waals surface area contributed by atoms with Crippen molar-refractivity contribution < 1.29 is 9.53 Å². The molecule has 5 nitrogen and oxygen atoms in total. The van der Waals surface area contributed by atoms with Gasteiger partial charge in [-0.2, -0.15) is 0 Å². The van der Waals surface area contributed by atoms with E-state index in [4.69, 9.17) is 4.74 Å². The molecule has 1 atom stereocenters. The van der Waals surface area contributed by atoms with Crippen LogP contribution in [0.4, 0.5) is 0 Å². The van der Waals surface area contributed by atoms with Gasteiger partial charge in [0.1, 0.15) is 5.75 Å². The lowest BCUT2D eigenvalue weighted by atomic mass is 10.0. The molecule has 26 heavy (non-hydrogen) atoms. The molecule has 2 fully saturated rings. The van der Waals surface area contributed by atoms with Crippen LogP contribution < -0.4 is 4.74 Å². The number of carbonyl (C=O) groups is 1. The number of ether oxygens (including phenoxy) is 1. The predicted octanol–water partition coefficient (Wildman–Crippen LogP) is 2.00. The highest BCUT2D eigenvalue weighted by Crippen LogP contribution is 2.26. The highest BCUT2D eigenvalue weighted by atomic mass is 16.5. The normalized spacial score (nSPS) is 24.3. The Hall–Kier alpha value is -1.59. The topological polar surface area (TPSA) is 36.0 Å². The van der Waals surface area contributed by atoms with Crippen molar-refractivity contribution >= 4 is 5.91 Å². The molecule has 0 radical (unpaired) electrons. The van der Waals surface area contributed by atoms with Gasteiger partial charge in [0.2, 0.25) is 5.91 Å². The molecule has 1 amide bonds. The largest absolute Gasteiger partial charge is 0.493 e. The average Bonchev–Trinajstić information content (AvgIpc) is 3.11. The summed E-state index contributed by atoms with van der Waals surface area (Å²) in [4.78, 5) is 19.5. The van der Waals surface area contributed by atoms with E-state index in [9.17, 15) is 4.79 Å². The molecule has 4 rings (SSSR count). The molecule has 142 valence electrons. The Bertz CT molecular complexity index is 640. The molecule has 2 saturated heterocycles. The van der Waals surface area contributed by atoms with Gasteiger partial charge in [-0.3, -0.25) is 14.6 Å². The zero-order valence-electron chi connectivity index (χ0n) is 16.0. The van der Waals surface area contributed by atoms with E-state index in [0.29, 0.717) is 18.4 Å². The van der Waals surface area contributed by atoms with Crippen LogP contribution in [-0.2, 0) is 17.8 Å². The summed E-state index contributed by atoms with van der Waals surface area (Å²) in [5, 5.41) is 0. The summed E-state index contributed by atoms with van der Waals surface area (Å²) in [5.74, 6) is 2.04.